The highest BCUT2D eigenvalue weighted by atomic mass is 35.5. The molecule has 0 saturated heterocycles. The average molecular weight is 509 g/mol. The molecule has 0 aliphatic rings. The van der Waals surface area contributed by atoms with E-state index in [1.807, 2.05) is 0 Å². The number of amides is 2. The van der Waals surface area contributed by atoms with Crippen LogP contribution in [0.1, 0.15) is 34.6 Å². The van der Waals surface area contributed by atoms with Crippen LogP contribution in [0.15, 0.2) is 0 Å². The van der Waals surface area contributed by atoms with Crippen molar-refractivity contribution < 1.29 is 23.9 Å². The second kappa shape index (κ2) is 10.3. The van der Waals surface area contributed by atoms with Gasteiger partial charge in [-0.3, -0.25) is 4.79 Å². The lowest BCUT2D eigenvalue weighted by Gasteiger charge is -2.22. The van der Waals surface area contributed by atoms with Gasteiger partial charge in [0.25, 0.3) is 0 Å². The van der Waals surface area contributed by atoms with Gasteiger partial charge in [-0.25, -0.2) is 9.59 Å². The molecular formula is C17H19Cl5N2O5. The van der Waals surface area contributed by atoms with Gasteiger partial charge in [-0.05, 0) is 34.6 Å². The van der Waals surface area contributed by atoms with Gasteiger partial charge in [0.15, 0.2) is 5.75 Å². The van der Waals surface area contributed by atoms with E-state index in [0.29, 0.717) is 0 Å². The van der Waals surface area contributed by atoms with Gasteiger partial charge in [0.05, 0.1) is 15.1 Å². The highest BCUT2D eigenvalue weighted by molar-refractivity contribution is 6.55. The van der Waals surface area contributed by atoms with Gasteiger partial charge >= 0.3 is 12.1 Å². The third-order valence-corrected chi connectivity index (χ3v) is 5.45. The molecule has 2 N–H and O–H groups in total. The van der Waals surface area contributed by atoms with Gasteiger partial charge in [-0.2, -0.15) is 0 Å². The maximum atomic E-state index is 12.3. The number of rotatable bonds is 5. The molecule has 0 bridgehead atoms. The Bertz CT molecular complexity index is 796. The number of ether oxygens (including phenoxy) is 2. The lowest BCUT2D eigenvalue weighted by Crippen LogP contribution is -2.50. The third kappa shape index (κ3) is 7.26. The Morgan fingerprint density at radius 3 is 1.69 bits per heavy atom. The van der Waals surface area contributed by atoms with Gasteiger partial charge in [-0.15, -0.1) is 0 Å². The van der Waals surface area contributed by atoms with Crippen LogP contribution >= 0.6 is 58.0 Å². The topological polar surface area (TPSA) is 93.7 Å². The van der Waals surface area contributed by atoms with E-state index >= 15 is 0 Å². The highest BCUT2D eigenvalue weighted by Gasteiger charge is 2.27. The number of hydrogen-bond acceptors (Lipinski definition) is 5. The van der Waals surface area contributed by atoms with Crippen LogP contribution in [0.2, 0.25) is 25.1 Å². The van der Waals surface area contributed by atoms with Crippen molar-refractivity contribution in [1.29, 1.82) is 0 Å². The summed E-state index contributed by atoms with van der Waals surface area (Å²) in [6.45, 7) is 7.83. The van der Waals surface area contributed by atoms with Gasteiger partial charge in [0.1, 0.15) is 27.7 Å². The molecule has 1 aromatic carbocycles. The summed E-state index contributed by atoms with van der Waals surface area (Å²) in [7, 11) is 0. The number of benzene rings is 1. The van der Waals surface area contributed by atoms with Crippen molar-refractivity contribution in [2.24, 2.45) is 0 Å². The first-order valence-corrected chi connectivity index (χ1v) is 10.1. The van der Waals surface area contributed by atoms with Crippen LogP contribution in [0, 0.1) is 0 Å². The monoisotopic (exact) mass is 506 g/mol. The Morgan fingerprint density at radius 2 is 1.24 bits per heavy atom. The van der Waals surface area contributed by atoms with Crippen LogP contribution in [-0.2, 0) is 14.3 Å². The summed E-state index contributed by atoms with van der Waals surface area (Å²) >= 11 is 29.7. The molecule has 1 aromatic rings. The van der Waals surface area contributed by atoms with E-state index in [2.05, 4.69) is 10.6 Å². The van der Waals surface area contributed by atoms with Crippen molar-refractivity contribution in [3.05, 3.63) is 25.1 Å². The van der Waals surface area contributed by atoms with Gasteiger partial charge in [-0.1, -0.05) is 58.0 Å². The van der Waals surface area contributed by atoms with Crippen LogP contribution in [-0.4, -0.2) is 35.7 Å². The highest BCUT2D eigenvalue weighted by Crippen LogP contribution is 2.48. The number of hydrogen-bond donors (Lipinski definition) is 2. The summed E-state index contributed by atoms with van der Waals surface area (Å²) in [5.41, 5.74) is -0.725. The number of halogens is 5. The Labute approximate surface area is 193 Å². The molecule has 0 spiro atoms. The molecule has 0 aliphatic heterocycles. The molecule has 0 saturated carbocycles. The lowest BCUT2D eigenvalue weighted by molar-refractivity contribution is -0.139. The quantitative estimate of drug-likeness (QED) is 0.244. The van der Waals surface area contributed by atoms with Crippen molar-refractivity contribution in [2.45, 2.75) is 52.3 Å². The van der Waals surface area contributed by atoms with Crippen LogP contribution in [0.25, 0.3) is 0 Å². The molecule has 2 amide bonds. The second-order valence-corrected chi connectivity index (χ2v) is 8.81. The van der Waals surface area contributed by atoms with E-state index in [0.717, 1.165) is 0 Å². The molecule has 0 heterocycles. The Balaban J connectivity index is 2.79. The molecule has 12 heteroatoms. The summed E-state index contributed by atoms with van der Waals surface area (Å²) < 4.78 is 10.2. The maximum Gasteiger partial charge on any atom is 0.408 e. The molecule has 7 nitrogen and oxygen atoms in total. The summed E-state index contributed by atoms with van der Waals surface area (Å²) in [6.07, 6.45) is -0.778. The number of nitrogens with one attached hydrogen (secondary N) is 2. The van der Waals surface area contributed by atoms with Crippen LogP contribution in [0.4, 0.5) is 4.79 Å². The first-order chi connectivity index (χ1) is 13.2. The molecule has 0 aliphatic carbocycles. The Kier molecular flexibility index (Phi) is 9.17. The standard InChI is InChI=1S/C17H19Cl5N2O5/c1-6(24-16(27)29-17(3,4)5)14(25)23-7(2)15(26)28-13-11(21)9(19)8(18)10(20)12(13)22/h6-7H,1-5H3,(H,23,25)(H,24,27)/t6-,7+/m1/s1. The van der Waals surface area contributed by atoms with Gasteiger partial charge < -0.3 is 20.1 Å². The normalized spacial score (nSPS) is 13.3. The zero-order valence-electron chi connectivity index (χ0n) is 16.1. The first-order valence-electron chi connectivity index (χ1n) is 8.18. The fraction of sp³-hybridized carbons (Fsp3) is 0.471. The van der Waals surface area contributed by atoms with Crippen LogP contribution in [0.5, 0.6) is 5.75 Å². The smallest absolute Gasteiger partial charge is 0.408 e. The minimum absolute atomic E-state index is 0.0912. The minimum atomic E-state index is -1.12. The predicted molar refractivity (Wildman–Crippen MR) is 114 cm³/mol. The summed E-state index contributed by atoms with van der Waals surface area (Å²) in [6, 6.07) is -2.10. The molecule has 0 unspecified atom stereocenters. The molecule has 0 radical (unpaired) electrons. The zero-order chi connectivity index (χ0) is 22.7. The molecule has 2 atom stereocenters. The first kappa shape index (κ1) is 25.9. The van der Waals surface area contributed by atoms with E-state index in [9.17, 15) is 14.4 Å². The van der Waals surface area contributed by atoms with E-state index in [4.69, 9.17) is 67.5 Å². The Hall–Kier alpha value is -1.12. The largest absolute Gasteiger partial charge is 0.444 e. The SMILES string of the molecule is C[C@H](NC(=O)[C@@H](C)NC(=O)OC(C)(C)C)C(=O)Oc1c(Cl)c(Cl)c(Cl)c(Cl)c1Cl. The van der Waals surface area contributed by atoms with Crippen molar-refractivity contribution >= 4 is 76.0 Å². The van der Waals surface area contributed by atoms with E-state index < -0.39 is 35.7 Å². The third-order valence-electron chi connectivity index (χ3n) is 3.21. The van der Waals surface area contributed by atoms with Crippen molar-refractivity contribution in [3.8, 4) is 5.75 Å². The molecular weight excluding hydrogens is 489 g/mol. The Morgan fingerprint density at radius 1 is 0.793 bits per heavy atom. The fourth-order valence-electron chi connectivity index (χ4n) is 1.81. The number of esters is 1. The van der Waals surface area contributed by atoms with Gasteiger partial charge in [0.2, 0.25) is 5.91 Å². The number of carbonyl (C=O) groups is 3. The molecule has 0 aromatic heterocycles. The van der Waals surface area contributed by atoms with Crippen molar-refractivity contribution in [1.82, 2.24) is 10.6 Å². The summed E-state index contributed by atoms with van der Waals surface area (Å²) in [4.78, 5) is 36.2. The van der Waals surface area contributed by atoms with E-state index in [1.165, 1.54) is 13.8 Å². The molecule has 162 valence electrons. The van der Waals surface area contributed by atoms with E-state index in [-0.39, 0.29) is 30.9 Å². The van der Waals surface area contributed by atoms with Crippen molar-refractivity contribution in [3.63, 3.8) is 0 Å². The molecule has 29 heavy (non-hydrogen) atoms. The average Bonchev–Trinajstić information content (AvgIpc) is 2.59. The fourth-order valence-corrected chi connectivity index (χ4v) is 3.01. The minimum Gasteiger partial charge on any atom is -0.444 e. The number of alkyl carbamates (subject to hydrolysis) is 1. The van der Waals surface area contributed by atoms with E-state index in [1.54, 1.807) is 20.8 Å². The van der Waals surface area contributed by atoms with Gasteiger partial charge in [0, 0.05) is 0 Å². The maximum absolute atomic E-state index is 12.3. The van der Waals surface area contributed by atoms with Crippen molar-refractivity contribution in [2.75, 3.05) is 0 Å². The predicted octanol–water partition coefficient (Wildman–Crippen LogP) is 5.28. The molecule has 0 fully saturated rings. The second-order valence-electron chi connectivity index (χ2n) is 6.92. The summed E-state index contributed by atoms with van der Waals surface area (Å²) in [5, 5.41) is 3.94. The van der Waals surface area contributed by atoms with Crippen LogP contribution in [0.3, 0.4) is 0 Å². The lowest BCUT2D eigenvalue weighted by atomic mass is 10.2. The molecule has 1 rings (SSSR count). The summed E-state index contributed by atoms with van der Waals surface area (Å²) in [5.74, 6) is -1.84. The number of carbonyl (C=O) groups excluding carboxylic acids is 3. The van der Waals surface area contributed by atoms with Crippen LogP contribution < -0.4 is 15.4 Å². The zero-order valence-corrected chi connectivity index (χ0v) is 19.9.